The Kier molecular flexibility index (Phi) is 5.56. The topological polar surface area (TPSA) is 108 Å². The second-order valence-electron chi connectivity index (χ2n) is 7.11. The number of benzene rings is 1. The van der Waals surface area contributed by atoms with Crippen molar-refractivity contribution in [1.29, 1.82) is 0 Å². The van der Waals surface area contributed by atoms with Crippen LogP contribution in [0.4, 0.5) is 0 Å². The van der Waals surface area contributed by atoms with Crippen LogP contribution in [0.5, 0.6) is 5.75 Å². The summed E-state index contributed by atoms with van der Waals surface area (Å²) < 4.78 is 20.9. The Balaban J connectivity index is 1.29. The number of esters is 1. The zero-order valence-electron chi connectivity index (χ0n) is 16.4. The van der Waals surface area contributed by atoms with Gasteiger partial charge in [0.2, 0.25) is 0 Å². The van der Waals surface area contributed by atoms with Crippen molar-refractivity contribution in [2.45, 2.75) is 32.2 Å². The molecule has 0 fully saturated rings. The maximum atomic E-state index is 12.1. The fraction of sp³-hybridized carbons (Fsp3) is 0.318. The molecule has 0 unspecified atom stereocenters. The summed E-state index contributed by atoms with van der Waals surface area (Å²) in [7, 11) is 0. The van der Waals surface area contributed by atoms with E-state index in [1.54, 1.807) is 31.2 Å². The Hall–Kier alpha value is -3.55. The van der Waals surface area contributed by atoms with Gasteiger partial charge < -0.3 is 23.6 Å². The van der Waals surface area contributed by atoms with Crippen LogP contribution >= 0.6 is 0 Å². The van der Waals surface area contributed by atoms with Crippen molar-refractivity contribution in [2.75, 3.05) is 13.2 Å². The molecule has 1 aromatic carbocycles. The summed E-state index contributed by atoms with van der Waals surface area (Å²) in [4.78, 5) is 35.9. The van der Waals surface area contributed by atoms with Crippen LogP contribution in [0.25, 0.3) is 11.0 Å². The summed E-state index contributed by atoms with van der Waals surface area (Å²) in [6.45, 7) is 0.961. The highest BCUT2D eigenvalue weighted by atomic mass is 16.6. The van der Waals surface area contributed by atoms with Gasteiger partial charge in [0.15, 0.2) is 13.2 Å². The second kappa shape index (κ2) is 8.44. The van der Waals surface area contributed by atoms with Gasteiger partial charge >= 0.3 is 11.6 Å². The van der Waals surface area contributed by atoms with Crippen LogP contribution in [0.3, 0.4) is 0 Å². The first-order valence-electron chi connectivity index (χ1n) is 9.71. The molecule has 1 aliphatic rings. The van der Waals surface area contributed by atoms with E-state index in [1.165, 1.54) is 6.26 Å². The molecule has 0 bridgehead atoms. The zero-order chi connectivity index (χ0) is 21.1. The quantitative estimate of drug-likeness (QED) is 0.470. The molecule has 1 N–H and O–H groups in total. The highest BCUT2D eigenvalue weighted by Crippen LogP contribution is 2.29. The van der Waals surface area contributed by atoms with Gasteiger partial charge in [-0.3, -0.25) is 4.79 Å². The monoisotopic (exact) mass is 411 g/mol. The molecule has 1 aliphatic carbocycles. The van der Waals surface area contributed by atoms with Gasteiger partial charge in [0, 0.05) is 17.0 Å². The lowest BCUT2D eigenvalue weighted by molar-refractivity contribution is -0.150. The first kappa shape index (κ1) is 19.8. The van der Waals surface area contributed by atoms with Gasteiger partial charge in [0.1, 0.15) is 17.1 Å². The van der Waals surface area contributed by atoms with Crippen LogP contribution in [-0.4, -0.2) is 25.1 Å². The van der Waals surface area contributed by atoms with Crippen LogP contribution in [0, 0.1) is 0 Å². The molecular formula is C22H21NO7. The summed E-state index contributed by atoms with van der Waals surface area (Å²) in [5.74, 6) is -0.164. The van der Waals surface area contributed by atoms with E-state index in [1.807, 2.05) is 6.07 Å². The van der Waals surface area contributed by atoms with Gasteiger partial charge in [-0.1, -0.05) is 0 Å². The van der Waals surface area contributed by atoms with Crippen molar-refractivity contribution < 1.29 is 27.9 Å². The molecule has 156 valence electrons. The van der Waals surface area contributed by atoms with Gasteiger partial charge in [-0.05, 0) is 56.0 Å². The van der Waals surface area contributed by atoms with E-state index in [0.29, 0.717) is 17.1 Å². The number of carbonyl (C=O) groups is 2. The maximum absolute atomic E-state index is 12.1. The molecule has 3 aromatic rings. The van der Waals surface area contributed by atoms with Gasteiger partial charge in [-0.25, -0.2) is 9.59 Å². The molecule has 0 saturated carbocycles. The highest BCUT2D eigenvalue weighted by molar-refractivity contribution is 5.83. The molecule has 0 saturated heterocycles. The zero-order valence-corrected chi connectivity index (χ0v) is 16.4. The Bertz CT molecular complexity index is 1130. The van der Waals surface area contributed by atoms with E-state index in [2.05, 4.69) is 5.32 Å². The Morgan fingerprint density at radius 3 is 2.80 bits per heavy atom. The van der Waals surface area contributed by atoms with Gasteiger partial charge in [0.25, 0.3) is 5.91 Å². The molecule has 30 heavy (non-hydrogen) atoms. The lowest BCUT2D eigenvalue weighted by Gasteiger charge is -2.12. The Labute approximate surface area is 171 Å². The van der Waals surface area contributed by atoms with E-state index in [9.17, 15) is 14.4 Å². The number of ether oxygens (including phenoxy) is 2. The largest absolute Gasteiger partial charge is 0.482 e. The molecule has 0 spiro atoms. The third-order valence-electron chi connectivity index (χ3n) is 5.01. The first-order chi connectivity index (χ1) is 14.5. The number of nitrogens with one attached hydrogen (secondary N) is 1. The second-order valence-corrected chi connectivity index (χ2v) is 7.11. The number of furan rings is 1. The van der Waals surface area contributed by atoms with E-state index in [4.69, 9.17) is 18.3 Å². The SMILES string of the molecule is C[C@@H](NC(=O)COC(=O)COc1ccc2c3c(c(=O)oc2c1)CCC3)c1ccco1. The Morgan fingerprint density at radius 1 is 1.17 bits per heavy atom. The first-order valence-corrected chi connectivity index (χ1v) is 9.71. The summed E-state index contributed by atoms with van der Waals surface area (Å²) >= 11 is 0. The molecule has 0 radical (unpaired) electrons. The molecule has 0 aliphatic heterocycles. The fourth-order valence-corrected chi connectivity index (χ4v) is 3.58. The van der Waals surface area contributed by atoms with Crippen molar-refractivity contribution in [3.63, 3.8) is 0 Å². The molecule has 2 heterocycles. The lowest BCUT2D eigenvalue weighted by atomic mass is 10.1. The van der Waals surface area contributed by atoms with Gasteiger partial charge in [-0.15, -0.1) is 0 Å². The van der Waals surface area contributed by atoms with E-state index in [-0.39, 0.29) is 18.3 Å². The number of hydrogen-bond donors (Lipinski definition) is 1. The average molecular weight is 411 g/mol. The number of aryl methyl sites for hydroxylation is 1. The summed E-state index contributed by atoms with van der Waals surface area (Å²) in [5, 5.41) is 3.55. The van der Waals surface area contributed by atoms with Crippen molar-refractivity contribution in [1.82, 2.24) is 5.32 Å². The van der Waals surface area contributed by atoms with Crippen LogP contribution in [0.1, 0.15) is 36.3 Å². The average Bonchev–Trinajstić information content (AvgIpc) is 3.43. The predicted molar refractivity (Wildman–Crippen MR) is 106 cm³/mol. The van der Waals surface area contributed by atoms with Crippen LogP contribution < -0.4 is 15.7 Å². The van der Waals surface area contributed by atoms with Crippen molar-refractivity contribution >= 4 is 22.8 Å². The minimum Gasteiger partial charge on any atom is -0.482 e. The number of rotatable bonds is 7. The maximum Gasteiger partial charge on any atom is 0.344 e. The standard InChI is InChI=1S/C22H21NO7/c1-13(18-6-3-9-27-18)23-20(24)11-29-21(25)12-28-14-7-8-16-15-4-2-5-17(15)22(26)30-19(16)10-14/h3,6-10,13H,2,4-5,11-12H2,1H3,(H,23,24)/t13-/m1/s1. The smallest absolute Gasteiger partial charge is 0.344 e. The molecule has 2 aromatic heterocycles. The van der Waals surface area contributed by atoms with Crippen LogP contribution in [-0.2, 0) is 27.2 Å². The molecular weight excluding hydrogens is 390 g/mol. The van der Waals surface area contributed by atoms with Gasteiger partial charge in [0.05, 0.1) is 12.3 Å². The third kappa shape index (κ3) is 4.22. The lowest BCUT2D eigenvalue weighted by Crippen LogP contribution is -2.31. The molecule has 8 nitrogen and oxygen atoms in total. The summed E-state index contributed by atoms with van der Waals surface area (Å²) in [6, 6.07) is 8.25. The van der Waals surface area contributed by atoms with E-state index < -0.39 is 18.5 Å². The molecule has 1 atom stereocenters. The molecule has 1 amide bonds. The van der Waals surface area contributed by atoms with E-state index in [0.717, 1.165) is 35.8 Å². The van der Waals surface area contributed by atoms with Gasteiger partial charge in [-0.2, -0.15) is 0 Å². The van der Waals surface area contributed by atoms with Crippen LogP contribution in [0.15, 0.2) is 50.2 Å². The van der Waals surface area contributed by atoms with E-state index >= 15 is 0 Å². The third-order valence-corrected chi connectivity index (χ3v) is 5.01. The minimum atomic E-state index is -0.689. The molecule has 8 heteroatoms. The summed E-state index contributed by atoms with van der Waals surface area (Å²) in [6.07, 6.45) is 4.05. The van der Waals surface area contributed by atoms with Crippen molar-refractivity contribution in [2.24, 2.45) is 0 Å². The molecule has 4 rings (SSSR count). The number of hydrogen-bond acceptors (Lipinski definition) is 7. The van der Waals surface area contributed by atoms with Crippen molar-refractivity contribution in [3.8, 4) is 5.75 Å². The minimum absolute atomic E-state index is 0.318. The van der Waals surface area contributed by atoms with Crippen molar-refractivity contribution in [3.05, 3.63) is 63.9 Å². The fourth-order valence-electron chi connectivity index (χ4n) is 3.58. The van der Waals surface area contributed by atoms with Crippen LogP contribution in [0.2, 0.25) is 0 Å². The normalized spacial score (nSPS) is 13.6. The summed E-state index contributed by atoms with van der Waals surface area (Å²) in [5.41, 5.74) is 1.89. The predicted octanol–water partition coefficient (Wildman–Crippen LogP) is 2.67. The number of fused-ring (bicyclic) bond motifs is 3. The number of amides is 1. The number of carbonyl (C=O) groups excluding carboxylic acids is 2. The Morgan fingerprint density at radius 2 is 2.00 bits per heavy atom. The highest BCUT2D eigenvalue weighted by Gasteiger charge is 2.20.